The van der Waals surface area contributed by atoms with Crippen molar-refractivity contribution in [1.29, 1.82) is 0 Å². The molecule has 1 aromatic carbocycles. The van der Waals surface area contributed by atoms with Crippen LogP contribution in [0, 0.1) is 0 Å². The summed E-state index contributed by atoms with van der Waals surface area (Å²) in [6.07, 6.45) is 3.98. The minimum absolute atomic E-state index is 0.0299. The smallest absolute Gasteiger partial charge is 0.120 e. The number of benzene rings is 1. The molecule has 0 bridgehead atoms. The van der Waals surface area contributed by atoms with Gasteiger partial charge < -0.3 is 4.48 Å². The van der Waals surface area contributed by atoms with Crippen LogP contribution in [0.5, 0.6) is 0 Å². The number of quaternary nitrogens is 1. The van der Waals surface area contributed by atoms with Gasteiger partial charge in [0, 0.05) is 10.6 Å². The van der Waals surface area contributed by atoms with E-state index in [-0.39, 0.29) is 5.54 Å². The SMILES string of the molecule is CC(C)(c1ccc(Cl)cc1Cl)[N+]1(C)CCCCC1. The second-order valence-corrected chi connectivity index (χ2v) is 6.93. The summed E-state index contributed by atoms with van der Waals surface area (Å²) in [5, 5.41) is 1.50. The minimum atomic E-state index is 0.0299. The molecule has 0 unspecified atom stereocenters. The molecule has 2 rings (SSSR count). The van der Waals surface area contributed by atoms with E-state index in [1.54, 1.807) is 0 Å². The van der Waals surface area contributed by atoms with Crippen LogP contribution in [0.4, 0.5) is 0 Å². The topological polar surface area (TPSA) is 0 Å². The predicted octanol–water partition coefficient (Wildman–Crippen LogP) is 4.86. The maximum absolute atomic E-state index is 6.40. The Hall–Kier alpha value is -0.240. The van der Waals surface area contributed by atoms with E-state index in [4.69, 9.17) is 23.2 Å². The standard InChI is InChI=1S/C15H22Cl2N/c1-15(2,18(3)9-5-4-6-10-18)13-8-7-12(16)11-14(13)17/h7-8,11H,4-6,9-10H2,1-3H3/q+1. The Labute approximate surface area is 120 Å². The monoisotopic (exact) mass is 286 g/mol. The zero-order valence-electron chi connectivity index (χ0n) is 11.5. The van der Waals surface area contributed by atoms with Crippen molar-refractivity contribution in [3.8, 4) is 0 Å². The fraction of sp³-hybridized carbons (Fsp3) is 0.600. The average molecular weight is 287 g/mol. The lowest BCUT2D eigenvalue weighted by Gasteiger charge is -2.50. The lowest BCUT2D eigenvalue weighted by Crippen LogP contribution is -2.59. The van der Waals surface area contributed by atoms with Gasteiger partial charge in [0.15, 0.2) is 0 Å². The maximum Gasteiger partial charge on any atom is 0.120 e. The minimum Gasteiger partial charge on any atom is -0.318 e. The normalized spacial score (nSPS) is 19.8. The van der Waals surface area contributed by atoms with E-state index in [2.05, 4.69) is 27.0 Å². The molecular formula is C15H22Cl2N+. The summed E-state index contributed by atoms with van der Waals surface area (Å²) in [6, 6.07) is 5.89. The summed E-state index contributed by atoms with van der Waals surface area (Å²) in [5.74, 6) is 0. The third-order valence-corrected chi connectivity index (χ3v) is 5.29. The van der Waals surface area contributed by atoms with E-state index < -0.39 is 0 Å². The Kier molecular flexibility index (Phi) is 3.96. The van der Waals surface area contributed by atoms with Crippen molar-refractivity contribution >= 4 is 23.2 Å². The van der Waals surface area contributed by atoms with Crippen LogP contribution in [-0.2, 0) is 5.54 Å². The first-order valence-corrected chi connectivity index (χ1v) is 7.43. The lowest BCUT2D eigenvalue weighted by atomic mass is 9.87. The van der Waals surface area contributed by atoms with E-state index in [9.17, 15) is 0 Å². The fourth-order valence-electron chi connectivity index (χ4n) is 3.05. The Morgan fingerprint density at radius 1 is 1.06 bits per heavy atom. The van der Waals surface area contributed by atoms with Gasteiger partial charge in [-0.15, -0.1) is 0 Å². The highest BCUT2D eigenvalue weighted by molar-refractivity contribution is 6.35. The van der Waals surface area contributed by atoms with Crippen LogP contribution >= 0.6 is 23.2 Å². The van der Waals surface area contributed by atoms with Crippen molar-refractivity contribution < 1.29 is 4.48 Å². The fourth-order valence-corrected chi connectivity index (χ4v) is 3.69. The molecule has 1 heterocycles. The van der Waals surface area contributed by atoms with E-state index in [0.717, 1.165) is 9.51 Å². The largest absolute Gasteiger partial charge is 0.318 e. The molecule has 0 spiro atoms. The van der Waals surface area contributed by atoms with Crippen LogP contribution in [0.2, 0.25) is 10.0 Å². The molecule has 1 saturated heterocycles. The molecule has 1 fully saturated rings. The number of piperidine rings is 1. The van der Waals surface area contributed by atoms with Crippen molar-refractivity contribution in [1.82, 2.24) is 0 Å². The second-order valence-electron chi connectivity index (χ2n) is 6.09. The zero-order chi connectivity index (χ0) is 13.4. The molecule has 0 aliphatic carbocycles. The molecule has 0 radical (unpaired) electrons. The highest BCUT2D eigenvalue weighted by atomic mass is 35.5. The van der Waals surface area contributed by atoms with Crippen LogP contribution in [0.3, 0.4) is 0 Å². The molecule has 100 valence electrons. The van der Waals surface area contributed by atoms with Crippen LogP contribution in [0.15, 0.2) is 18.2 Å². The van der Waals surface area contributed by atoms with Gasteiger partial charge in [-0.05, 0) is 51.3 Å². The van der Waals surface area contributed by atoms with Crippen molar-refractivity contribution in [3.63, 3.8) is 0 Å². The zero-order valence-corrected chi connectivity index (χ0v) is 13.0. The summed E-state index contributed by atoms with van der Waals surface area (Å²) in [4.78, 5) is 0. The van der Waals surface area contributed by atoms with Gasteiger partial charge >= 0.3 is 0 Å². The summed E-state index contributed by atoms with van der Waals surface area (Å²) < 4.78 is 1.06. The maximum atomic E-state index is 6.40. The number of rotatable bonds is 2. The van der Waals surface area contributed by atoms with Gasteiger partial charge in [-0.3, -0.25) is 0 Å². The van der Waals surface area contributed by atoms with Gasteiger partial charge in [0.05, 0.1) is 25.2 Å². The van der Waals surface area contributed by atoms with E-state index in [0.29, 0.717) is 5.02 Å². The highest BCUT2D eigenvalue weighted by Crippen LogP contribution is 2.40. The summed E-state index contributed by atoms with van der Waals surface area (Å²) >= 11 is 12.4. The van der Waals surface area contributed by atoms with Gasteiger partial charge in [-0.25, -0.2) is 0 Å². The molecule has 0 amide bonds. The molecule has 1 nitrogen and oxygen atoms in total. The average Bonchev–Trinajstić information content (AvgIpc) is 2.29. The van der Waals surface area contributed by atoms with E-state index in [1.165, 1.54) is 37.9 Å². The van der Waals surface area contributed by atoms with E-state index >= 15 is 0 Å². The molecule has 0 aromatic heterocycles. The first-order chi connectivity index (χ1) is 8.37. The van der Waals surface area contributed by atoms with Gasteiger partial charge in [0.25, 0.3) is 0 Å². The van der Waals surface area contributed by atoms with Gasteiger partial charge in [-0.2, -0.15) is 0 Å². The summed E-state index contributed by atoms with van der Waals surface area (Å²) in [5.41, 5.74) is 1.24. The molecule has 1 aliphatic rings. The molecule has 3 heteroatoms. The Morgan fingerprint density at radius 2 is 1.67 bits per heavy atom. The molecule has 18 heavy (non-hydrogen) atoms. The molecule has 0 saturated carbocycles. The number of hydrogen-bond acceptors (Lipinski definition) is 0. The second kappa shape index (κ2) is 5.03. The highest BCUT2D eigenvalue weighted by Gasteiger charge is 2.43. The summed E-state index contributed by atoms with van der Waals surface area (Å²) in [7, 11) is 2.35. The molecule has 1 aliphatic heterocycles. The third-order valence-electron chi connectivity index (χ3n) is 4.74. The van der Waals surface area contributed by atoms with Gasteiger partial charge in [0.2, 0.25) is 0 Å². The van der Waals surface area contributed by atoms with Crippen molar-refractivity contribution in [3.05, 3.63) is 33.8 Å². The van der Waals surface area contributed by atoms with Crippen LogP contribution < -0.4 is 0 Å². The van der Waals surface area contributed by atoms with Crippen LogP contribution in [0.1, 0.15) is 38.7 Å². The van der Waals surface area contributed by atoms with Crippen LogP contribution in [-0.4, -0.2) is 24.6 Å². The predicted molar refractivity (Wildman–Crippen MR) is 79.3 cm³/mol. The Balaban J connectivity index is 2.40. The molecular weight excluding hydrogens is 265 g/mol. The van der Waals surface area contributed by atoms with Crippen molar-refractivity contribution in [2.75, 3.05) is 20.1 Å². The number of hydrogen-bond donors (Lipinski definition) is 0. The summed E-state index contributed by atoms with van der Waals surface area (Å²) in [6.45, 7) is 7.05. The number of likely N-dealkylation sites (tertiary alicyclic amines) is 1. The van der Waals surface area contributed by atoms with Crippen molar-refractivity contribution in [2.24, 2.45) is 0 Å². The number of nitrogens with zero attached hydrogens (tertiary/aromatic N) is 1. The molecule has 0 N–H and O–H groups in total. The molecule has 0 atom stereocenters. The first kappa shape index (κ1) is 14.2. The van der Waals surface area contributed by atoms with Gasteiger partial charge in [0.1, 0.15) is 5.54 Å². The Morgan fingerprint density at radius 3 is 2.22 bits per heavy atom. The van der Waals surface area contributed by atoms with Crippen molar-refractivity contribution in [2.45, 2.75) is 38.6 Å². The third kappa shape index (κ3) is 2.41. The van der Waals surface area contributed by atoms with Crippen LogP contribution in [0.25, 0.3) is 0 Å². The first-order valence-electron chi connectivity index (χ1n) is 6.67. The van der Waals surface area contributed by atoms with E-state index in [1.807, 2.05) is 12.1 Å². The lowest BCUT2D eigenvalue weighted by molar-refractivity contribution is -0.967. The van der Waals surface area contributed by atoms with Gasteiger partial charge in [-0.1, -0.05) is 23.2 Å². The molecule has 1 aromatic rings. The quantitative estimate of drug-likeness (QED) is 0.681. The number of halogens is 2. The Bertz CT molecular complexity index is 434.